The molecule has 0 aromatic carbocycles. The van der Waals surface area contributed by atoms with Crippen molar-refractivity contribution in [2.24, 2.45) is 11.3 Å². The van der Waals surface area contributed by atoms with E-state index in [2.05, 4.69) is 4.74 Å². The normalized spacial score (nSPS) is 47.3. The smallest absolute Gasteiger partial charge is 0.328 e. The molecule has 0 spiro atoms. The highest BCUT2D eigenvalue weighted by atomic mass is 35.5. The minimum absolute atomic E-state index is 0.0999. The van der Waals surface area contributed by atoms with Crippen molar-refractivity contribution in [3.63, 3.8) is 0 Å². The molecule has 0 heterocycles. The summed E-state index contributed by atoms with van der Waals surface area (Å²) in [6.07, 6.45) is 1.25. The number of Topliss-reactive ketones (excluding diaryl/α,β-unsaturated/α-hetero) is 1. The van der Waals surface area contributed by atoms with Crippen LogP contribution in [0.25, 0.3) is 0 Å². The van der Waals surface area contributed by atoms with Crippen molar-refractivity contribution >= 4 is 23.4 Å². The SMILES string of the molecule is COC(=O)[C@]1(Cl)[C@@H]2C(=O)CC[C@@]21C. The summed E-state index contributed by atoms with van der Waals surface area (Å²) in [5.41, 5.74) is -0.348. The van der Waals surface area contributed by atoms with Crippen LogP contribution in [0, 0.1) is 11.3 Å². The van der Waals surface area contributed by atoms with Gasteiger partial charge in [0.15, 0.2) is 4.87 Å². The number of ether oxygens (including phenoxy) is 1. The zero-order valence-electron chi connectivity index (χ0n) is 7.59. The van der Waals surface area contributed by atoms with Gasteiger partial charge in [0.25, 0.3) is 0 Å². The first-order valence-electron chi connectivity index (χ1n) is 4.28. The Labute approximate surface area is 81.4 Å². The third kappa shape index (κ3) is 0.766. The average Bonchev–Trinajstić information content (AvgIpc) is 2.41. The van der Waals surface area contributed by atoms with Gasteiger partial charge in [-0.15, -0.1) is 11.6 Å². The van der Waals surface area contributed by atoms with Crippen LogP contribution in [0.1, 0.15) is 19.8 Å². The molecule has 0 amide bonds. The van der Waals surface area contributed by atoms with Gasteiger partial charge in [-0.2, -0.15) is 0 Å². The summed E-state index contributed by atoms with van der Waals surface area (Å²) >= 11 is 6.10. The molecule has 0 radical (unpaired) electrons. The summed E-state index contributed by atoms with van der Waals surface area (Å²) < 4.78 is 4.60. The van der Waals surface area contributed by atoms with E-state index in [9.17, 15) is 9.59 Å². The molecule has 72 valence electrons. The molecule has 13 heavy (non-hydrogen) atoms. The lowest BCUT2D eigenvalue weighted by atomic mass is 10.0. The minimum atomic E-state index is -1.06. The number of hydrogen-bond donors (Lipinski definition) is 0. The van der Waals surface area contributed by atoms with Crippen molar-refractivity contribution < 1.29 is 14.3 Å². The van der Waals surface area contributed by atoms with E-state index in [0.717, 1.165) is 0 Å². The first kappa shape index (κ1) is 9.00. The Hall–Kier alpha value is -0.570. The number of methoxy groups -OCH3 is 1. The number of halogens is 1. The third-order valence-corrected chi connectivity index (χ3v) is 4.28. The Bertz CT molecular complexity index is 301. The Balaban J connectivity index is 2.31. The number of fused-ring (bicyclic) bond motifs is 1. The van der Waals surface area contributed by atoms with E-state index in [1.54, 1.807) is 0 Å². The van der Waals surface area contributed by atoms with E-state index in [4.69, 9.17) is 11.6 Å². The van der Waals surface area contributed by atoms with Crippen LogP contribution in [0.5, 0.6) is 0 Å². The molecule has 0 N–H and O–H groups in total. The van der Waals surface area contributed by atoms with Gasteiger partial charge in [0.1, 0.15) is 5.78 Å². The number of alkyl halides is 1. The molecule has 0 saturated heterocycles. The van der Waals surface area contributed by atoms with E-state index in [1.165, 1.54) is 7.11 Å². The summed E-state index contributed by atoms with van der Waals surface area (Å²) in [6.45, 7) is 1.88. The predicted molar refractivity (Wildman–Crippen MR) is 46.4 cm³/mol. The minimum Gasteiger partial charge on any atom is -0.468 e. The number of carbonyl (C=O) groups is 2. The van der Waals surface area contributed by atoms with E-state index in [0.29, 0.717) is 12.8 Å². The molecule has 3 nitrogen and oxygen atoms in total. The highest BCUT2D eigenvalue weighted by Gasteiger charge is 2.83. The summed E-state index contributed by atoms with van der Waals surface area (Å²) in [7, 11) is 1.30. The first-order chi connectivity index (χ1) is 5.98. The maximum absolute atomic E-state index is 11.4. The third-order valence-electron chi connectivity index (χ3n) is 3.48. The van der Waals surface area contributed by atoms with Crippen molar-refractivity contribution in [3.05, 3.63) is 0 Å². The largest absolute Gasteiger partial charge is 0.468 e. The van der Waals surface area contributed by atoms with Crippen molar-refractivity contribution in [2.45, 2.75) is 24.6 Å². The lowest BCUT2D eigenvalue weighted by molar-refractivity contribution is -0.143. The topological polar surface area (TPSA) is 43.4 Å². The summed E-state index contributed by atoms with van der Waals surface area (Å²) in [5, 5.41) is 0. The molecule has 0 bridgehead atoms. The van der Waals surface area contributed by atoms with Crippen LogP contribution in [0.2, 0.25) is 0 Å². The van der Waals surface area contributed by atoms with Gasteiger partial charge in [0.2, 0.25) is 0 Å². The molecule has 2 aliphatic rings. The average molecular weight is 203 g/mol. The van der Waals surface area contributed by atoms with Crippen molar-refractivity contribution in [2.75, 3.05) is 7.11 Å². The standard InChI is InChI=1S/C9H11ClO3/c1-8-4-3-5(11)6(8)9(8,10)7(12)13-2/h6H,3-4H2,1-2H3/t6-,8+,9-/m1/s1. The fraction of sp³-hybridized carbons (Fsp3) is 0.778. The highest BCUT2D eigenvalue weighted by Crippen LogP contribution is 2.73. The molecule has 2 rings (SSSR count). The second-order valence-electron chi connectivity index (χ2n) is 4.02. The lowest BCUT2D eigenvalue weighted by Gasteiger charge is -2.13. The Morgan fingerprint density at radius 1 is 1.69 bits per heavy atom. The first-order valence-corrected chi connectivity index (χ1v) is 4.66. The monoisotopic (exact) mass is 202 g/mol. The zero-order chi connectivity index (χ0) is 9.85. The Morgan fingerprint density at radius 3 is 2.69 bits per heavy atom. The molecular formula is C9H11ClO3. The molecule has 4 heteroatoms. The van der Waals surface area contributed by atoms with Gasteiger partial charge in [-0.1, -0.05) is 6.92 Å². The van der Waals surface area contributed by atoms with Crippen LogP contribution >= 0.6 is 11.6 Å². The number of hydrogen-bond acceptors (Lipinski definition) is 3. The quantitative estimate of drug-likeness (QED) is 0.473. The van der Waals surface area contributed by atoms with Gasteiger partial charge in [0, 0.05) is 11.8 Å². The second kappa shape index (κ2) is 2.27. The number of carbonyl (C=O) groups excluding carboxylic acids is 2. The van der Waals surface area contributed by atoms with Gasteiger partial charge < -0.3 is 4.74 Å². The highest BCUT2D eigenvalue weighted by molar-refractivity contribution is 6.40. The van der Waals surface area contributed by atoms with Crippen molar-refractivity contribution in [1.29, 1.82) is 0 Å². The molecular weight excluding hydrogens is 192 g/mol. The molecule has 2 fully saturated rings. The van der Waals surface area contributed by atoms with Gasteiger partial charge in [-0.3, -0.25) is 9.59 Å². The Morgan fingerprint density at radius 2 is 2.31 bits per heavy atom. The molecule has 0 aromatic rings. The van der Waals surface area contributed by atoms with Crippen LogP contribution in [0.4, 0.5) is 0 Å². The van der Waals surface area contributed by atoms with Gasteiger partial charge in [-0.25, -0.2) is 0 Å². The number of rotatable bonds is 1. The maximum atomic E-state index is 11.4. The second-order valence-corrected chi connectivity index (χ2v) is 4.62. The van der Waals surface area contributed by atoms with E-state index >= 15 is 0 Å². The number of esters is 1. The molecule has 2 aliphatic carbocycles. The molecule has 3 atom stereocenters. The van der Waals surface area contributed by atoms with Crippen LogP contribution in [-0.4, -0.2) is 23.7 Å². The van der Waals surface area contributed by atoms with E-state index in [1.807, 2.05) is 6.92 Å². The maximum Gasteiger partial charge on any atom is 0.328 e. The lowest BCUT2D eigenvalue weighted by Crippen LogP contribution is -2.28. The fourth-order valence-corrected chi connectivity index (χ4v) is 3.15. The van der Waals surface area contributed by atoms with E-state index in [-0.39, 0.29) is 17.1 Å². The molecule has 0 unspecified atom stereocenters. The predicted octanol–water partition coefficient (Wildman–Crippen LogP) is 1.14. The summed E-state index contributed by atoms with van der Waals surface area (Å²) in [6, 6.07) is 0. The fourth-order valence-electron chi connectivity index (χ4n) is 2.56. The van der Waals surface area contributed by atoms with E-state index < -0.39 is 10.8 Å². The Kier molecular flexibility index (Phi) is 1.57. The molecule has 0 aliphatic heterocycles. The van der Waals surface area contributed by atoms with Gasteiger partial charge in [-0.05, 0) is 6.42 Å². The summed E-state index contributed by atoms with van der Waals surface area (Å²) in [5.74, 6) is -0.674. The van der Waals surface area contributed by atoms with Gasteiger partial charge >= 0.3 is 5.97 Å². The van der Waals surface area contributed by atoms with Crippen LogP contribution in [-0.2, 0) is 14.3 Å². The zero-order valence-corrected chi connectivity index (χ0v) is 8.35. The van der Waals surface area contributed by atoms with Crippen LogP contribution in [0.15, 0.2) is 0 Å². The number of ketones is 1. The van der Waals surface area contributed by atoms with Crippen LogP contribution in [0.3, 0.4) is 0 Å². The van der Waals surface area contributed by atoms with Crippen molar-refractivity contribution in [3.8, 4) is 0 Å². The van der Waals surface area contributed by atoms with Crippen LogP contribution < -0.4 is 0 Å². The van der Waals surface area contributed by atoms with Gasteiger partial charge in [0.05, 0.1) is 13.0 Å². The van der Waals surface area contributed by atoms with Crippen molar-refractivity contribution in [1.82, 2.24) is 0 Å². The summed E-state index contributed by atoms with van der Waals surface area (Å²) in [4.78, 5) is 21.7. The molecule has 0 aromatic heterocycles. The molecule has 2 saturated carbocycles.